The Labute approximate surface area is 121 Å². The van der Waals surface area contributed by atoms with Crippen LogP contribution in [-0.2, 0) is 19.1 Å². The maximum atomic E-state index is 12.1. The Bertz CT molecular complexity index is 350. The topological polar surface area (TPSA) is 64.6 Å². The van der Waals surface area contributed by atoms with Gasteiger partial charge in [0.25, 0.3) is 0 Å². The first-order valence-corrected chi connectivity index (χ1v) is 6.75. The number of hydrogen-bond acceptors (Lipinski definition) is 4. The number of esters is 1. The standard InChI is InChI=1S/C10H13F3INO4/c1-5(16)18-4-6-2-3-7(14)8(19-6)15-9(17)10(11,12)13/h6-8H,2-4H2,1H3,(H,15,17)/t6-,7-,8-/m0/s1. The second-order valence-corrected chi connectivity index (χ2v) is 5.65. The largest absolute Gasteiger partial charge is 0.471 e. The van der Waals surface area contributed by atoms with Gasteiger partial charge in [0, 0.05) is 6.92 Å². The van der Waals surface area contributed by atoms with Crippen molar-refractivity contribution >= 4 is 34.5 Å². The summed E-state index contributed by atoms with van der Waals surface area (Å²) in [6, 6.07) is 0. The molecule has 1 amide bonds. The molecule has 0 aromatic rings. The molecule has 1 heterocycles. The van der Waals surface area contributed by atoms with E-state index in [2.05, 4.69) is 0 Å². The van der Waals surface area contributed by atoms with E-state index in [4.69, 9.17) is 9.47 Å². The molecular weight excluding hydrogens is 382 g/mol. The van der Waals surface area contributed by atoms with E-state index >= 15 is 0 Å². The molecule has 0 aliphatic carbocycles. The Balaban J connectivity index is 2.51. The molecule has 1 rings (SSSR count). The fraction of sp³-hybridized carbons (Fsp3) is 0.800. The van der Waals surface area contributed by atoms with Crippen LogP contribution >= 0.6 is 22.6 Å². The summed E-state index contributed by atoms with van der Waals surface area (Å²) in [6.45, 7) is 1.20. The fourth-order valence-corrected chi connectivity index (χ4v) is 2.23. The number of carbonyl (C=O) groups excluding carboxylic acids is 2. The molecule has 19 heavy (non-hydrogen) atoms. The van der Waals surface area contributed by atoms with Crippen LogP contribution in [0.15, 0.2) is 0 Å². The van der Waals surface area contributed by atoms with Gasteiger partial charge in [0.1, 0.15) is 12.8 Å². The summed E-state index contributed by atoms with van der Waals surface area (Å²) in [5, 5.41) is 1.79. The number of rotatable bonds is 3. The van der Waals surface area contributed by atoms with Crippen molar-refractivity contribution in [3.8, 4) is 0 Å². The molecule has 0 aromatic carbocycles. The normalized spacial score (nSPS) is 27.7. The third-order valence-corrected chi connectivity index (χ3v) is 3.71. The van der Waals surface area contributed by atoms with E-state index < -0.39 is 30.4 Å². The summed E-state index contributed by atoms with van der Waals surface area (Å²) in [7, 11) is 0. The van der Waals surface area contributed by atoms with Crippen LogP contribution in [0.2, 0.25) is 0 Å². The van der Waals surface area contributed by atoms with Crippen LogP contribution in [0, 0.1) is 0 Å². The van der Waals surface area contributed by atoms with Crippen molar-refractivity contribution in [1.29, 1.82) is 0 Å². The van der Waals surface area contributed by atoms with E-state index in [1.165, 1.54) is 6.92 Å². The van der Waals surface area contributed by atoms with Crippen LogP contribution in [0.3, 0.4) is 0 Å². The molecule has 1 fully saturated rings. The quantitative estimate of drug-likeness (QED) is 0.448. The van der Waals surface area contributed by atoms with Gasteiger partial charge in [-0.15, -0.1) is 0 Å². The number of nitrogens with one attached hydrogen (secondary N) is 1. The molecule has 0 bridgehead atoms. The molecule has 110 valence electrons. The van der Waals surface area contributed by atoms with Gasteiger partial charge < -0.3 is 14.8 Å². The highest BCUT2D eigenvalue weighted by Gasteiger charge is 2.42. The van der Waals surface area contributed by atoms with Crippen molar-refractivity contribution in [2.24, 2.45) is 0 Å². The van der Waals surface area contributed by atoms with Crippen LogP contribution in [0.5, 0.6) is 0 Å². The van der Waals surface area contributed by atoms with Crippen LogP contribution in [-0.4, -0.2) is 40.9 Å². The third-order valence-electron chi connectivity index (χ3n) is 2.44. The Kier molecular flexibility index (Phi) is 5.83. The van der Waals surface area contributed by atoms with Crippen LogP contribution in [0.1, 0.15) is 19.8 Å². The lowest BCUT2D eigenvalue weighted by Crippen LogP contribution is -2.52. The van der Waals surface area contributed by atoms with Crippen molar-refractivity contribution < 1.29 is 32.2 Å². The highest BCUT2D eigenvalue weighted by molar-refractivity contribution is 14.1. The van der Waals surface area contributed by atoms with E-state index in [1.807, 2.05) is 22.6 Å². The maximum Gasteiger partial charge on any atom is 0.471 e. The number of hydrogen-bond donors (Lipinski definition) is 1. The monoisotopic (exact) mass is 395 g/mol. The average molecular weight is 395 g/mol. The molecule has 1 aliphatic rings. The molecule has 0 aromatic heterocycles. The molecule has 0 radical (unpaired) electrons. The Morgan fingerprint density at radius 2 is 2.05 bits per heavy atom. The molecule has 9 heteroatoms. The lowest BCUT2D eigenvalue weighted by atomic mass is 10.1. The average Bonchev–Trinajstić information content (AvgIpc) is 2.28. The Morgan fingerprint density at radius 3 is 2.58 bits per heavy atom. The molecule has 0 spiro atoms. The van der Waals surface area contributed by atoms with Gasteiger partial charge in [-0.25, -0.2) is 0 Å². The summed E-state index contributed by atoms with van der Waals surface area (Å²) in [4.78, 5) is 21.5. The van der Waals surface area contributed by atoms with Crippen LogP contribution in [0.25, 0.3) is 0 Å². The Morgan fingerprint density at radius 1 is 1.42 bits per heavy atom. The second-order valence-electron chi connectivity index (χ2n) is 4.05. The Hall–Kier alpha value is -0.580. The van der Waals surface area contributed by atoms with E-state index in [1.54, 1.807) is 5.32 Å². The predicted octanol–water partition coefficient (Wildman–Crippen LogP) is 1.54. The minimum absolute atomic E-state index is 0.0307. The van der Waals surface area contributed by atoms with Crippen LogP contribution < -0.4 is 5.32 Å². The van der Waals surface area contributed by atoms with Crippen molar-refractivity contribution in [2.45, 2.75) is 42.2 Å². The number of ether oxygens (including phenoxy) is 2. The first kappa shape index (κ1) is 16.5. The van der Waals surface area contributed by atoms with Crippen molar-refractivity contribution in [3.05, 3.63) is 0 Å². The molecular formula is C10H13F3INO4. The van der Waals surface area contributed by atoms with E-state index in [-0.39, 0.29) is 10.5 Å². The number of alkyl halides is 4. The molecule has 3 atom stereocenters. The van der Waals surface area contributed by atoms with Gasteiger partial charge in [-0.2, -0.15) is 13.2 Å². The molecule has 0 unspecified atom stereocenters. The van der Waals surface area contributed by atoms with Gasteiger partial charge in [-0.05, 0) is 12.8 Å². The van der Waals surface area contributed by atoms with Gasteiger partial charge in [0.15, 0.2) is 0 Å². The van der Waals surface area contributed by atoms with E-state index in [0.717, 1.165) is 0 Å². The summed E-state index contributed by atoms with van der Waals surface area (Å²) >= 11 is 1.92. The molecule has 1 saturated heterocycles. The van der Waals surface area contributed by atoms with E-state index in [9.17, 15) is 22.8 Å². The second kappa shape index (κ2) is 6.73. The molecule has 1 aliphatic heterocycles. The minimum atomic E-state index is -4.94. The molecule has 5 nitrogen and oxygen atoms in total. The number of amides is 1. The highest BCUT2D eigenvalue weighted by Crippen LogP contribution is 2.26. The number of carbonyl (C=O) groups is 2. The summed E-state index contributed by atoms with van der Waals surface area (Å²) in [5.74, 6) is -2.52. The van der Waals surface area contributed by atoms with Crippen LogP contribution in [0.4, 0.5) is 13.2 Å². The maximum absolute atomic E-state index is 12.1. The third kappa shape index (κ3) is 5.51. The SMILES string of the molecule is CC(=O)OC[C@@H]1CC[C@H](I)[C@@H](NC(=O)C(F)(F)F)O1. The van der Waals surface area contributed by atoms with E-state index in [0.29, 0.717) is 12.8 Å². The zero-order chi connectivity index (χ0) is 14.6. The molecule has 1 N–H and O–H groups in total. The lowest BCUT2D eigenvalue weighted by Gasteiger charge is -2.34. The van der Waals surface area contributed by atoms with Crippen molar-refractivity contribution in [1.82, 2.24) is 5.32 Å². The van der Waals surface area contributed by atoms with Gasteiger partial charge in [0.05, 0.1) is 10.0 Å². The lowest BCUT2D eigenvalue weighted by molar-refractivity contribution is -0.181. The fourth-order valence-electron chi connectivity index (χ4n) is 1.53. The van der Waals surface area contributed by atoms with Gasteiger partial charge in [-0.3, -0.25) is 9.59 Å². The number of halogens is 4. The van der Waals surface area contributed by atoms with Crippen molar-refractivity contribution in [2.75, 3.05) is 6.61 Å². The zero-order valence-electron chi connectivity index (χ0n) is 10.00. The first-order chi connectivity index (χ1) is 8.70. The highest BCUT2D eigenvalue weighted by atomic mass is 127. The molecule has 0 saturated carbocycles. The van der Waals surface area contributed by atoms with Gasteiger partial charge >= 0.3 is 18.1 Å². The summed E-state index contributed by atoms with van der Waals surface area (Å²) < 4.78 is 46.2. The predicted molar refractivity (Wildman–Crippen MR) is 66.5 cm³/mol. The van der Waals surface area contributed by atoms with Gasteiger partial charge in [-0.1, -0.05) is 22.6 Å². The van der Waals surface area contributed by atoms with Crippen molar-refractivity contribution in [3.63, 3.8) is 0 Å². The first-order valence-electron chi connectivity index (χ1n) is 5.50. The summed E-state index contributed by atoms with van der Waals surface area (Å²) in [5.41, 5.74) is 0. The minimum Gasteiger partial charge on any atom is -0.463 e. The smallest absolute Gasteiger partial charge is 0.463 e. The van der Waals surface area contributed by atoms with Gasteiger partial charge in [0.2, 0.25) is 0 Å². The summed E-state index contributed by atoms with van der Waals surface area (Å²) in [6.07, 6.45) is -5.37. The zero-order valence-corrected chi connectivity index (χ0v) is 12.2.